The molecule has 0 radical (unpaired) electrons. The summed E-state index contributed by atoms with van der Waals surface area (Å²) in [7, 11) is 2.07. The second kappa shape index (κ2) is 5.75. The molecule has 5 nitrogen and oxygen atoms in total. The Balaban J connectivity index is 1.40. The zero-order valence-corrected chi connectivity index (χ0v) is 14.8. The minimum absolute atomic E-state index is 0.111. The van der Waals surface area contributed by atoms with Gasteiger partial charge in [-0.3, -0.25) is 9.59 Å². The summed E-state index contributed by atoms with van der Waals surface area (Å²) in [5, 5.41) is 12.8. The number of nitrogens with one attached hydrogen (secondary N) is 1. The topological polar surface area (TPSA) is 69.6 Å². The van der Waals surface area contributed by atoms with Crippen LogP contribution >= 0.6 is 0 Å². The lowest BCUT2D eigenvalue weighted by atomic mass is 9.57. The summed E-state index contributed by atoms with van der Waals surface area (Å²) < 4.78 is 0. The van der Waals surface area contributed by atoms with Crippen molar-refractivity contribution < 1.29 is 14.7 Å². The van der Waals surface area contributed by atoms with Crippen LogP contribution in [0, 0.1) is 5.41 Å². The van der Waals surface area contributed by atoms with E-state index in [-0.39, 0.29) is 17.4 Å². The molecule has 3 fully saturated rings. The number of carbonyl (C=O) groups is 2. The Morgan fingerprint density at radius 2 is 1.80 bits per heavy atom. The van der Waals surface area contributed by atoms with Gasteiger partial charge in [-0.2, -0.15) is 0 Å². The molecule has 2 bridgehead atoms. The molecule has 1 atom stereocenters. The average molecular weight is 342 g/mol. The fraction of sp³-hybridized carbons (Fsp3) is 0.600. The molecule has 5 heteroatoms. The molecule has 4 aliphatic rings. The number of nitrogens with zero attached hydrogens (tertiary/aromatic N) is 1. The van der Waals surface area contributed by atoms with Crippen LogP contribution in [0.15, 0.2) is 24.3 Å². The summed E-state index contributed by atoms with van der Waals surface area (Å²) in [5.41, 5.74) is 1.78. The van der Waals surface area contributed by atoms with Crippen LogP contribution in [0.1, 0.15) is 56.4 Å². The number of hydrogen-bond acceptors (Lipinski definition) is 3. The summed E-state index contributed by atoms with van der Waals surface area (Å²) in [6.45, 7) is 0.877. The van der Waals surface area contributed by atoms with Crippen LogP contribution in [-0.4, -0.2) is 36.1 Å². The van der Waals surface area contributed by atoms with Crippen LogP contribution in [-0.2, 0) is 9.59 Å². The van der Waals surface area contributed by atoms with Gasteiger partial charge in [-0.15, -0.1) is 0 Å². The van der Waals surface area contributed by atoms with Crippen molar-refractivity contribution in [2.75, 3.05) is 18.5 Å². The van der Waals surface area contributed by atoms with Gasteiger partial charge < -0.3 is 15.3 Å². The zero-order chi connectivity index (χ0) is 17.7. The van der Waals surface area contributed by atoms with Gasteiger partial charge in [0.1, 0.15) is 0 Å². The number of amides is 1. The van der Waals surface area contributed by atoms with E-state index in [1.807, 2.05) is 12.1 Å². The minimum Gasteiger partial charge on any atom is -0.481 e. The number of para-hydroxylation sites is 1. The highest BCUT2D eigenvalue weighted by Crippen LogP contribution is 2.52. The van der Waals surface area contributed by atoms with Crippen molar-refractivity contribution in [1.82, 2.24) is 5.32 Å². The Morgan fingerprint density at radius 3 is 2.44 bits per heavy atom. The number of carbonyl (C=O) groups excluding carboxylic acids is 1. The van der Waals surface area contributed by atoms with Gasteiger partial charge in [-0.25, -0.2) is 0 Å². The van der Waals surface area contributed by atoms with Crippen LogP contribution in [0.5, 0.6) is 0 Å². The fourth-order valence-corrected chi connectivity index (χ4v) is 5.15. The molecule has 25 heavy (non-hydrogen) atoms. The van der Waals surface area contributed by atoms with Crippen molar-refractivity contribution in [2.24, 2.45) is 5.41 Å². The lowest BCUT2D eigenvalue weighted by molar-refractivity contribution is -0.157. The molecule has 134 valence electrons. The maximum absolute atomic E-state index is 12.7. The van der Waals surface area contributed by atoms with Gasteiger partial charge in [0.05, 0.1) is 5.41 Å². The first-order chi connectivity index (χ1) is 11.9. The molecule has 3 aliphatic carbocycles. The summed E-state index contributed by atoms with van der Waals surface area (Å²) in [6.07, 6.45) is 4.98. The van der Waals surface area contributed by atoms with Gasteiger partial charge >= 0.3 is 5.97 Å². The number of rotatable bonds is 4. The Kier molecular flexibility index (Phi) is 3.78. The largest absolute Gasteiger partial charge is 0.481 e. The second-order valence-corrected chi connectivity index (χ2v) is 8.25. The summed E-state index contributed by atoms with van der Waals surface area (Å²) in [5.74, 6) is -0.305. The first-order valence-corrected chi connectivity index (χ1v) is 9.28. The molecule has 1 aliphatic heterocycles. The minimum atomic E-state index is -0.655. The van der Waals surface area contributed by atoms with Crippen molar-refractivity contribution in [3.8, 4) is 0 Å². The van der Waals surface area contributed by atoms with Crippen LogP contribution in [0.3, 0.4) is 0 Å². The highest BCUT2D eigenvalue weighted by Gasteiger charge is 2.53. The highest BCUT2D eigenvalue weighted by atomic mass is 16.4. The molecular weight excluding hydrogens is 316 g/mol. The van der Waals surface area contributed by atoms with E-state index in [4.69, 9.17) is 0 Å². The molecule has 1 aromatic rings. The van der Waals surface area contributed by atoms with Crippen LogP contribution in [0.4, 0.5) is 5.69 Å². The standard InChI is InChI=1S/C20H26N2O3/c1-22-13-14(15-4-2-3-5-16(15)22)12-17(23)21-20-9-6-19(7-10-20,8-11-20)18(24)25/h2-5,14H,6-13H2,1H3,(H,21,23)(H,24,25). The Bertz CT molecular complexity index is 690. The van der Waals surface area contributed by atoms with Gasteiger partial charge in [0.15, 0.2) is 0 Å². The van der Waals surface area contributed by atoms with Gasteiger partial charge in [0.25, 0.3) is 0 Å². The zero-order valence-electron chi connectivity index (χ0n) is 14.8. The third-order valence-corrected chi connectivity index (χ3v) is 6.82. The van der Waals surface area contributed by atoms with Crippen LogP contribution < -0.4 is 10.2 Å². The Hall–Kier alpha value is -2.04. The number of benzene rings is 1. The number of carboxylic acid groups (broad SMARTS) is 1. The summed E-state index contributed by atoms with van der Waals surface area (Å²) >= 11 is 0. The van der Waals surface area contributed by atoms with E-state index in [0.29, 0.717) is 25.7 Å². The lowest BCUT2D eigenvalue weighted by Crippen LogP contribution is -2.58. The van der Waals surface area contributed by atoms with Crippen molar-refractivity contribution in [2.45, 2.75) is 56.4 Å². The smallest absolute Gasteiger partial charge is 0.309 e. The summed E-state index contributed by atoms with van der Waals surface area (Å²) in [6, 6.07) is 8.31. The molecule has 1 aromatic carbocycles. The van der Waals surface area contributed by atoms with Gasteiger partial charge in [-0.05, 0) is 50.2 Å². The van der Waals surface area contributed by atoms with E-state index >= 15 is 0 Å². The van der Waals surface area contributed by atoms with E-state index in [9.17, 15) is 14.7 Å². The van der Waals surface area contributed by atoms with E-state index in [1.54, 1.807) is 0 Å². The average Bonchev–Trinajstić information content (AvgIpc) is 2.92. The number of carboxylic acids is 1. The molecule has 1 heterocycles. The molecule has 1 amide bonds. The molecule has 0 spiro atoms. The maximum atomic E-state index is 12.7. The normalized spacial score (nSPS) is 33.2. The van der Waals surface area contributed by atoms with Crippen LogP contribution in [0.25, 0.3) is 0 Å². The molecular formula is C20H26N2O3. The SMILES string of the molecule is CN1CC(CC(=O)NC23CCC(C(=O)O)(CC2)CC3)c2ccccc21. The van der Waals surface area contributed by atoms with Crippen LogP contribution in [0.2, 0.25) is 0 Å². The Morgan fingerprint density at radius 1 is 1.16 bits per heavy atom. The third-order valence-electron chi connectivity index (χ3n) is 6.82. The maximum Gasteiger partial charge on any atom is 0.309 e. The first-order valence-electron chi connectivity index (χ1n) is 9.28. The molecule has 0 saturated heterocycles. The Labute approximate surface area is 148 Å². The number of fused-ring (bicyclic) bond motifs is 4. The molecule has 1 unspecified atom stereocenters. The van der Waals surface area contributed by atoms with Gasteiger partial charge in [0, 0.05) is 37.2 Å². The predicted octanol–water partition coefficient (Wildman–Crippen LogP) is 2.90. The monoisotopic (exact) mass is 342 g/mol. The van der Waals surface area contributed by atoms with Gasteiger partial charge in [-0.1, -0.05) is 18.2 Å². The van der Waals surface area contributed by atoms with Gasteiger partial charge in [0.2, 0.25) is 5.91 Å². The fourth-order valence-electron chi connectivity index (χ4n) is 5.15. The third kappa shape index (κ3) is 2.70. The molecule has 5 rings (SSSR count). The molecule has 3 saturated carbocycles. The number of likely N-dealkylation sites (N-methyl/N-ethyl adjacent to an activating group) is 1. The van der Waals surface area contributed by atoms with Crippen molar-refractivity contribution >= 4 is 17.6 Å². The molecule has 2 N–H and O–H groups in total. The van der Waals surface area contributed by atoms with E-state index in [0.717, 1.165) is 25.8 Å². The van der Waals surface area contributed by atoms with Crippen molar-refractivity contribution in [3.63, 3.8) is 0 Å². The predicted molar refractivity (Wildman–Crippen MR) is 95.7 cm³/mol. The van der Waals surface area contributed by atoms with E-state index in [1.165, 1.54) is 11.3 Å². The second-order valence-electron chi connectivity index (χ2n) is 8.25. The summed E-state index contributed by atoms with van der Waals surface area (Å²) in [4.78, 5) is 26.5. The highest BCUT2D eigenvalue weighted by molar-refractivity contribution is 5.80. The van der Waals surface area contributed by atoms with Crippen molar-refractivity contribution in [3.05, 3.63) is 29.8 Å². The van der Waals surface area contributed by atoms with E-state index < -0.39 is 11.4 Å². The van der Waals surface area contributed by atoms with E-state index in [2.05, 4.69) is 29.4 Å². The molecule has 0 aromatic heterocycles. The number of hydrogen-bond donors (Lipinski definition) is 2. The number of aliphatic carboxylic acids is 1. The van der Waals surface area contributed by atoms with Crippen molar-refractivity contribution in [1.29, 1.82) is 0 Å². The lowest BCUT2D eigenvalue weighted by Gasteiger charge is -2.51. The first kappa shape index (κ1) is 16.4. The quantitative estimate of drug-likeness (QED) is 0.883. The number of anilines is 1.